The van der Waals surface area contributed by atoms with Crippen LogP contribution in [0.1, 0.15) is 37.3 Å². The van der Waals surface area contributed by atoms with Crippen LogP contribution in [-0.2, 0) is 9.84 Å². The molecule has 1 atom stereocenters. The fourth-order valence-corrected chi connectivity index (χ4v) is 4.95. The Balaban J connectivity index is 1.68. The zero-order valence-electron chi connectivity index (χ0n) is 13.9. The first kappa shape index (κ1) is 15.6. The summed E-state index contributed by atoms with van der Waals surface area (Å²) in [5.74, 6) is 0.869. The van der Waals surface area contributed by atoms with Crippen molar-refractivity contribution in [1.29, 1.82) is 0 Å². The standard InChI is InChI=1S/C19H22N2O2S/c1-24(22,23)16-9-10-17(20-13-16)21-14-19(11-5-6-12-19)18(21)15-7-3-2-4-8-15/h2-4,7-10,13,18H,5-6,11-12,14H2,1H3/t18-/m0/s1. The molecule has 1 aliphatic heterocycles. The number of hydrogen-bond donors (Lipinski definition) is 0. The number of benzene rings is 1. The van der Waals surface area contributed by atoms with Gasteiger partial charge in [0.2, 0.25) is 0 Å². The second kappa shape index (κ2) is 5.59. The van der Waals surface area contributed by atoms with E-state index in [-0.39, 0.29) is 4.90 Å². The van der Waals surface area contributed by atoms with Crippen molar-refractivity contribution in [1.82, 2.24) is 4.98 Å². The molecule has 4 rings (SSSR count). The molecular formula is C19H22N2O2S. The number of sulfone groups is 1. The summed E-state index contributed by atoms with van der Waals surface area (Å²) in [5.41, 5.74) is 1.69. The van der Waals surface area contributed by atoms with Gasteiger partial charge < -0.3 is 4.90 Å². The Labute approximate surface area is 143 Å². The van der Waals surface area contributed by atoms with Crippen LogP contribution in [0.25, 0.3) is 0 Å². The van der Waals surface area contributed by atoms with Crippen LogP contribution < -0.4 is 4.90 Å². The molecule has 0 unspecified atom stereocenters. The molecule has 1 aliphatic carbocycles. The molecule has 5 heteroatoms. The van der Waals surface area contributed by atoms with Crippen molar-refractivity contribution in [3.8, 4) is 0 Å². The van der Waals surface area contributed by atoms with Gasteiger partial charge in [0.1, 0.15) is 5.82 Å². The highest BCUT2D eigenvalue weighted by molar-refractivity contribution is 7.90. The largest absolute Gasteiger partial charge is 0.348 e. The molecular weight excluding hydrogens is 320 g/mol. The van der Waals surface area contributed by atoms with Crippen LogP contribution in [0.15, 0.2) is 53.6 Å². The molecule has 0 N–H and O–H groups in total. The average molecular weight is 342 g/mol. The van der Waals surface area contributed by atoms with Gasteiger partial charge in [0.25, 0.3) is 0 Å². The molecule has 24 heavy (non-hydrogen) atoms. The van der Waals surface area contributed by atoms with Gasteiger partial charge in [-0.25, -0.2) is 13.4 Å². The van der Waals surface area contributed by atoms with Gasteiger partial charge in [-0.05, 0) is 30.5 Å². The monoisotopic (exact) mass is 342 g/mol. The molecule has 1 aromatic carbocycles. The number of nitrogens with zero attached hydrogens (tertiary/aromatic N) is 2. The minimum atomic E-state index is -3.20. The average Bonchev–Trinajstić information content (AvgIpc) is 3.05. The van der Waals surface area contributed by atoms with Gasteiger partial charge >= 0.3 is 0 Å². The maximum Gasteiger partial charge on any atom is 0.177 e. The third-order valence-electron chi connectivity index (χ3n) is 5.53. The Bertz CT molecular complexity index is 825. The lowest BCUT2D eigenvalue weighted by Crippen LogP contribution is -2.57. The molecule has 2 aromatic rings. The molecule has 1 saturated carbocycles. The predicted octanol–water partition coefficient (Wildman–Crippen LogP) is 3.61. The van der Waals surface area contributed by atoms with E-state index in [1.807, 2.05) is 12.1 Å². The van der Waals surface area contributed by atoms with E-state index >= 15 is 0 Å². The smallest absolute Gasteiger partial charge is 0.177 e. The zero-order valence-corrected chi connectivity index (χ0v) is 14.7. The van der Waals surface area contributed by atoms with E-state index in [0.29, 0.717) is 11.5 Å². The van der Waals surface area contributed by atoms with Crippen molar-refractivity contribution < 1.29 is 8.42 Å². The number of anilines is 1. The van der Waals surface area contributed by atoms with Crippen molar-refractivity contribution in [2.75, 3.05) is 17.7 Å². The topological polar surface area (TPSA) is 50.3 Å². The third-order valence-corrected chi connectivity index (χ3v) is 6.63. The second-order valence-electron chi connectivity index (χ2n) is 7.13. The van der Waals surface area contributed by atoms with Crippen LogP contribution in [0.5, 0.6) is 0 Å². The van der Waals surface area contributed by atoms with E-state index in [9.17, 15) is 8.42 Å². The summed E-state index contributed by atoms with van der Waals surface area (Å²) in [6.07, 6.45) is 7.84. The normalized spacial score (nSPS) is 22.5. The lowest BCUT2D eigenvalue weighted by Gasteiger charge is -2.57. The lowest BCUT2D eigenvalue weighted by molar-refractivity contribution is 0.135. The Kier molecular flexibility index (Phi) is 3.64. The second-order valence-corrected chi connectivity index (χ2v) is 9.15. The molecule has 2 heterocycles. The van der Waals surface area contributed by atoms with Crippen molar-refractivity contribution >= 4 is 15.7 Å². The fraction of sp³-hybridized carbons (Fsp3) is 0.421. The number of pyridine rings is 1. The summed E-state index contributed by atoms with van der Waals surface area (Å²) < 4.78 is 23.3. The van der Waals surface area contributed by atoms with Gasteiger partial charge in [-0.2, -0.15) is 0 Å². The third kappa shape index (κ3) is 2.51. The minimum Gasteiger partial charge on any atom is -0.348 e. The Morgan fingerprint density at radius 2 is 1.79 bits per heavy atom. The lowest BCUT2D eigenvalue weighted by atomic mass is 9.67. The van der Waals surface area contributed by atoms with Crippen LogP contribution in [0.4, 0.5) is 5.82 Å². The van der Waals surface area contributed by atoms with Gasteiger partial charge in [0.05, 0.1) is 10.9 Å². The number of rotatable bonds is 3. The summed E-state index contributed by atoms with van der Waals surface area (Å²) in [6, 6.07) is 14.5. The van der Waals surface area contributed by atoms with E-state index in [1.165, 1.54) is 43.7 Å². The Morgan fingerprint density at radius 1 is 1.08 bits per heavy atom. The highest BCUT2D eigenvalue weighted by atomic mass is 32.2. The SMILES string of the molecule is CS(=O)(=O)c1ccc(N2CC3(CCCC3)[C@@H]2c2ccccc2)nc1. The van der Waals surface area contributed by atoms with Crippen LogP contribution in [-0.4, -0.2) is 26.2 Å². The van der Waals surface area contributed by atoms with Gasteiger partial charge in [0, 0.05) is 24.4 Å². The van der Waals surface area contributed by atoms with Crippen LogP contribution >= 0.6 is 0 Å². The molecule has 1 saturated heterocycles. The van der Waals surface area contributed by atoms with E-state index in [0.717, 1.165) is 12.4 Å². The summed E-state index contributed by atoms with van der Waals surface area (Å²) >= 11 is 0. The van der Waals surface area contributed by atoms with Crippen molar-refractivity contribution in [2.24, 2.45) is 5.41 Å². The Morgan fingerprint density at radius 3 is 2.38 bits per heavy atom. The molecule has 0 radical (unpaired) electrons. The first-order valence-electron chi connectivity index (χ1n) is 8.47. The molecule has 126 valence electrons. The van der Waals surface area contributed by atoms with Crippen molar-refractivity contribution in [3.05, 3.63) is 54.2 Å². The summed E-state index contributed by atoms with van der Waals surface area (Å²) in [5, 5.41) is 0. The molecule has 0 amide bonds. The van der Waals surface area contributed by atoms with Gasteiger partial charge in [0.15, 0.2) is 9.84 Å². The molecule has 1 spiro atoms. The van der Waals surface area contributed by atoms with E-state index < -0.39 is 9.84 Å². The first-order chi connectivity index (χ1) is 11.5. The molecule has 2 fully saturated rings. The summed E-state index contributed by atoms with van der Waals surface area (Å²) in [6.45, 7) is 1.01. The van der Waals surface area contributed by atoms with Crippen molar-refractivity contribution in [3.63, 3.8) is 0 Å². The maximum atomic E-state index is 11.6. The summed E-state index contributed by atoms with van der Waals surface area (Å²) in [7, 11) is -3.20. The molecule has 1 aromatic heterocycles. The minimum absolute atomic E-state index is 0.276. The van der Waals surface area contributed by atoms with Gasteiger partial charge in [-0.15, -0.1) is 0 Å². The zero-order chi connectivity index (χ0) is 16.8. The van der Waals surface area contributed by atoms with Crippen LogP contribution in [0, 0.1) is 5.41 Å². The molecule has 0 bridgehead atoms. The molecule has 2 aliphatic rings. The highest BCUT2D eigenvalue weighted by Crippen LogP contribution is 2.58. The van der Waals surface area contributed by atoms with Crippen molar-refractivity contribution in [2.45, 2.75) is 36.6 Å². The predicted molar refractivity (Wildman–Crippen MR) is 94.8 cm³/mol. The van der Waals surface area contributed by atoms with Gasteiger partial charge in [-0.3, -0.25) is 0 Å². The number of aromatic nitrogens is 1. The molecule has 4 nitrogen and oxygen atoms in total. The van der Waals surface area contributed by atoms with Crippen LogP contribution in [0.3, 0.4) is 0 Å². The van der Waals surface area contributed by atoms with E-state index in [2.05, 4.69) is 34.1 Å². The fourth-order valence-electron chi connectivity index (χ4n) is 4.39. The highest BCUT2D eigenvalue weighted by Gasteiger charge is 2.54. The maximum absolute atomic E-state index is 11.6. The Hall–Kier alpha value is -1.88. The first-order valence-corrected chi connectivity index (χ1v) is 10.4. The quantitative estimate of drug-likeness (QED) is 0.855. The summed E-state index contributed by atoms with van der Waals surface area (Å²) in [4.78, 5) is 7.05. The van der Waals surface area contributed by atoms with Gasteiger partial charge in [-0.1, -0.05) is 43.2 Å². The van der Waals surface area contributed by atoms with E-state index in [1.54, 1.807) is 6.07 Å². The van der Waals surface area contributed by atoms with E-state index in [4.69, 9.17) is 0 Å². The number of hydrogen-bond acceptors (Lipinski definition) is 4. The van der Waals surface area contributed by atoms with Crippen LogP contribution in [0.2, 0.25) is 0 Å².